The van der Waals surface area contributed by atoms with Crippen LogP contribution in [0.25, 0.3) is 0 Å². The van der Waals surface area contributed by atoms with Gasteiger partial charge in [0.2, 0.25) is 17.6 Å². The molecule has 1 saturated heterocycles. The molecule has 9 nitrogen and oxygen atoms in total. The fourth-order valence-electron chi connectivity index (χ4n) is 4.90. The van der Waals surface area contributed by atoms with Crippen molar-refractivity contribution in [2.75, 3.05) is 33.2 Å². The van der Waals surface area contributed by atoms with Gasteiger partial charge in [-0.05, 0) is 25.3 Å². The average molecular weight is 570 g/mol. The SMILES string of the molecule is CC(C)[C@H](CC(=O)[C@H](C)NC(=O)[C@@H](CC(=O)c1ccccc1)C(C)(C)C)C(=O)C(=O)CCC(=O)N1CCN(C)CC1. The number of piperazine rings is 1. The Kier molecular flexibility index (Phi) is 12.6. The average Bonchev–Trinajstić information content (AvgIpc) is 2.92. The third kappa shape index (κ3) is 10.3. The minimum Gasteiger partial charge on any atom is -0.346 e. The van der Waals surface area contributed by atoms with E-state index < -0.39 is 40.8 Å². The number of hydrogen-bond donors (Lipinski definition) is 1. The summed E-state index contributed by atoms with van der Waals surface area (Å²) in [4.78, 5) is 81.3. The first kappa shape index (κ1) is 34.0. The number of amides is 2. The van der Waals surface area contributed by atoms with Crippen molar-refractivity contribution in [2.45, 2.75) is 73.3 Å². The molecule has 0 aliphatic carbocycles. The predicted octanol–water partition coefficient (Wildman–Crippen LogP) is 3.35. The van der Waals surface area contributed by atoms with E-state index in [0.29, 0.717) is 18.7 Å². The van der Waals surface area contributed by atoms with E-state index in [0.717, 1.165) is 13.1 Å². The Hall–Kier alpha value is -3.20. The molecule has 1 N–H and O–H groups in total. The number of benzene rings is 1. The van der Waals surface area contributed by atoms with Crippen LogP contribution in [0.2, 0.25) is 0 Å². The van der Waals surface area contributed by atoms with Crippen LogP contribution in [0.3, 0.4) is 0 Å². The monoisotopic (exact) mass is 569 g/mol. The standard InChI is InChI=1S/C32H47N3O6/c1-21(2)24(30(40)26(36)13-14-29(39)35-17-15-34(7)16-18-35)19-27(37)22(3)33-31(41)25(32(4,5)6)20-28(38)23-11-9-8-10-12-23/h8-12,21-22,24-25H,13-20H2,1-7H3,(H,33,41)/t22-,24-,25+/m0/s1. The van der Waals surface area contributed by atoms with Gasteiger partial charge in [0.15, 0.2) is 17.3 Å². The van der Waals surface area contributed by atoms with Crippen LogP contribution in [0.15, 0.2) is 30.3 Å². The predicted molar refractivity (Wildman–Crippen MR) is 157 cm³/mol. The topological polar surface area (TPSA) is 121 Å². The van der Waals surface area contributed by atoms with E-state index >= 15 is 0 Å². The second-order valence-corrected chi connectivity index (χ2v) is 12.6. The van der Waals surface area contributed by atoms with Crippen LogP contribution in [-0.4, -0.2) is 84.0 Å². The molecule has 1 aliphatic rings. The summed E-state index contributed by atoms with van der Waals surface area (Å²) in [6.45, 7) is 13.4. The molecule has 2 rings (SSSR count). The van der Waals surface area contributed by atoms with Crippen LogP contribution in [0, 0.1) is 23.2 Å². The molecule has 1 heterocycles. The van der Waals surface area contributed by atoms with E-state index in [1.54, 1.807) is 49.9 Å². The first-order valence-electron chi connectivity index (χ1n) is 14.6. The van der Waals surface area contributed by atoms with Gasteiger partial charge in [-0.3, -0.25) is 28.8 Å². The molecule has 0 spiro atoms. The first-order valence-corrected chi connectivity index (χ1v) is 14.6. The Morgan fingerprint density at radius 3 is 1.98 bits per heavy atom. The van der Waals surface area contributed by atoms with Gasteiger partial charge in [-0.1, -0.05) is 65.0 Å². The third-order valence-electron chi connectivity index (χ3n) is 7.95. The lowest BCUT2D eigenvalue weighted by atomic mass is 9.76. The lowest BCUT2D eigenvalue weighted by Gasteiger charge is -2.32. The highest BCUT2D eigenvalue weighted by atomic mass is 16.2. The van der Waals surface area contributed by atoms with Gasteiger partial charge in [0.25, 0.3) is 0 Å². The number of rotatable bonds is 14. The highest BCUT2D eigenvalue weighted by Gasteiger charge is 2.36. The van der Waals surface area contributed by atoms with Crippen molar-refractivity contribution in [3.63, 3.8) is 0 Å². The van der Waals surface area contributed by atoms with E-state index in [1.165, 1.54) is 0 Å². The van der Waals surface area contributed by atoms with Crippen LogP contribution in [0.1, 0.15) is 77.6 Å². The first-order chi connectivity index (χ1) is 19.1. The molecule has 41 heavy (non-hydrogen) atoms. The smallest absolute Gasteiger partial charge is 0.224 e. The van der Waals surface area contributed by atoms with Crippen molar-refractivity contribution < 1.29 is 28.8 Å². The maximum absolute atomic E-state index is 13.3. The van der Waals surface area contributed by atoms with Gasteiger partial charge in [-0.2, -0.15) is 0 Å². The molecular weight excluding hydrogens is 522 g/mol. The van der Waals surface area contributed by atoms with E-state index in [9.17, 15) is 28.8 Å². The number of nitrogens with zero attached hydrogens (tertiary/aromatic N) is 2. The van der Waals surface area contributed by atoms with Crippen LogP contribution < -0.4 is 5.32 Å². The Morgan fingerprint density at radius 1 is 0.854 bits per heavy atom. The minimum absolute atomic E-state index is 0.00524. The van der Waals surface area contributed by atoms with Crippen molar-refractivity contribution in [1.29, 1.82) is 0 Å². The molecule has 0 radical (unpaired) electrons. The number of nitrogens with one attached hydrogen (secondary N) is 1. The van der Waals surface area contributed by atoms with Crippen LogP contribution in [0.4, 0.5) is 0 Å². The van der Waals surface area contributed by atoms with Crippen LogP contribution in [-0.2, 0) is 24.0 Å². The molecule has 3 atom stereocenters. The highest BCUT2D eigenvalue weighted by molar-refractivity contribution is 6.38. The normalized spacial score (nSPS) is 16.5. The zero-order chi connectivity index (χ0) is 30.9. The maximum atomic E-state index is 13.3. The van der Waals surface area contributed by atoms with Crippen molar-refractivity contribution in [1.82, 2.24) is 15.1 Å². The summed E-state index contributed by atoms with van der Waals surface area (Å²) in [6, 6.07) is 7.86. The fourth-order valence-corrected chi connectivity index (χ4v) is 4.90. The number of Topliss-reactive ketones (excluding diaryl/α,β-unsaturated/α-hetero) is 4. The summed E-state index contributed by atoms with van der Waals surface area (Å²) >= 11 is 0. The van der Waals surface area contributed by atoms with Gasteiger partial charge in [-0.15, -0.1) is 0 Å². The van der Waals surface area contributed by atoms with Gasteiger partial charge < -0.3 is 15.1 Å². The molecule has 2 amide bonds. The van der Waals surface area contributed by atoms with E-state index in [2.05, 4.69) is 10.2 Å². The number of carbonyl (C=O) groups is 6. The summed E-state index contributed by atoms with van der Waals surface area (Å²) < 4.78 is 0. The fraction of sp³-hybridized carbons (Fsp3) is 0.625. The largest absolute Gasteiger partial charge is 0.346 e. The Balaban J connectivity index is 1.97. The quantitative estimate of drug-likeness (QED) is 0.269. The van der Waals surface area contributed by atoms with Crippen molar-refractivity contribution >= 4 is 34.9 Å². The van der Waals surface area contributed by atoms with E-state index in [1.807, 2.05) is 33.9 Å². The Morgan fingerprint density at radius 2 is 1.44 bits per heavy atom. The summed E-state index contributed by atoms with van der Waals surface area (Å²) in [5, 5.41) is 2.74. The second-order valence-electron chi connectivity index (χ2n) is 12.6. The lowest BCUT2D eigenvalue weighted by Crippen LogP contribution is -2.47. The van der Waals surface area contributed by atoms with Gasteiger partial charge in [0.05, 0.1) is 12.0 Å². The van der Waals surface area contributed by atoms with Crippen molar-refractivity contribution in [3.8, 4) is 0 Å². The molecular formula is C32H47N3O6. The molecule has 0 bridgehead atoms. The summed E-state index contributed by atoms with van der Waals surface area (Å²) in [6.07, 6.45) is -0.417. The molecule has 0 saturated carbocycles. The number of likely N-dealkylation sites (N-methyl/N-ethyl adjacent to an activating group) is 1. The van der Waals surface area contributed by atoms with Gasteiger partial charge in [0, 0.05) is 63.3 Å². The Labute approximate surface area is 244 Å². The summed E-state index contributed by atoms with van der Waals surface area (Å²) in [5.41, 5.74) is -0.0197. The molecule has 226 valence electrons. The minimum atomic E-state index is -0.901. The molecule has 1 aromatic rings. The Bertz CT molecular complexity index is 1100. The molecule has 0 unspecified atom stereocenters. The highest BCUT2D eigenvalue weighted by Crippen LogP contribution is 2.30. The number of ketones is 4. The zero-order valence-corrected chi connectivity index (χ0v) is 25.7. The zero-order valence-electron chi connectivity index (χ0n) is 25.7. The third-order valence-corrected chi connectivity index (χ3v) is 7.95. The maximum Gasteiger partial charge on any atom is 0.224 e. The number of hydrogen-bond acceptors (Lipinski definition) is 7. The van der Waals surface area contributed by atoms with Gasteiger partial charge in [-0.25, -0.2) is 0 Å². The molecule has 1 aliphatic heterocycles. The van der Waals surface area contributed by atoms with Crippen LogP contribution in [0.5, 0.6) is 0 Å². The van der Waals surface area contributed by atoms with Gasteiger partial charge >= 0.3 is 0 Å². The van der Waals surface area contributed by atoms with Crippen molar-refractivity contribution in [2.24, 2.45) is 23.2 Å². The number of carbonyl (C=O) groups excluding carboxylic acids is 6. The van der Waals surface area contributed by atoms with Crippen molar-refractivity contribution in [3.05, 3.63) is 35.9 Å². The molecule has 1 aromatic carbocycles. The van der Waals surface area contributed by atoms with E-state index in [4.69, 9.17) is 0 Å². The summed E-state index contributed by atoms with van der Waals surface area (Å²) in [7, 11) is 1.99. The van der Waals surface area contributed by atoms with Crippen LogP contribution >= 0.6 is 0 Å². The molecule has 0 aromatic heterocycles. The van der Waals surface area contributed by atoms with E-state index in [-0.39, 0.29) is 49.1 Å². The summed E-state index contributed by atoms with van der Waals surface area (Å²) in [5.74, 6) is -4.18. The molecule has 9 heteroatoms. The van der Waals surface area contributed by atoms with Gasteiger partial charge in [0.1, 0.15) is 0 Å². The molecule has 1 fully saturated rings. The lowest BCUT2D eigenvalue weighted by molar-refractivity contribution is -0.142. The second kappa shape index (κ2) is 15.1.